The van der Waals surface area contributed by atoms with Crippen LogP contribution in [-0.2, 0) is 13.1 Å². The van der Waals surface area contributed by atoms with Gasteiger partial charge in [0.1, 0.15) is 5.76 Å². The van der Waals surface area contributed by atoms with E-state index < -0.39 is 0 Å². The number of benzene rings is 1. The number of thioether (sulfide) groups is 1. The van der Waals surface area contributed by atoms with E-state index in [2.05, 4.69) is 41.0 Å². The van der Waals surface area contributed by atoms with Gasteiger partial charge in [-0.25, -0.2) is 0 Å². The van der Waals surface area contributed by atoms with Gasteiger partial charge in [-0.05, 0) is 30.9 Å². The molecule has 1 N–H and O–H groups in total. The van der Waals surface area contributed by atoms with Crippen molar-refractivity contribution < 1.29 is 4.52 Å². The van der Waals surface area contributed by atoms with Gasteiger partial charge in [-0.3, -0.25) is 0 Å². The van der Waals surface area contributed by atoms with Crippen molar-refractivity contribution in [2.75, 3.05) is 6.26 Å². The molecule has 90 valence electrons. The average molecular weight is 248 g/mol. The van der Waals surface area contributed by atoms with Gasteiger partial charge < -0.3 is 9.84 Å². The SMILES string of the molecule is CSc1ccc(CNCc2cc(C)on2)cc1. The van der Waals surface area contributed by atoms with E-state index in [-0.39, 0.29) is 0 Å². The van der Waals surface area contributed by atoms with Crippen molar-refractivity contribution in [1.82, 2.24) is 10.5 Å². The molecule has 1 aromatic heterocycles. The molecule has 0 fully saturated rings. The third kappa shape index (κ3) is 3.61. The first kappa shape index (κ1) is 12.2. The zero-order valence-corrected chi connectivity index (χ0v) is 10.9. The Morgan fingerprint density at radius 3 is 2.59 bits per heavy atom. The molecule has 0 amide bonds. The lowest BCUT2D eigenvalue weighted by Crippen LogP contribution is -2.12. The Morgan fingerprint density at radius 1 is 1.24 bits per heavy atom. The summed E-state index contributed by atoms with van der Waals surface area (Å²) in [6.45, 7) is 3.49. The van der Waals surface area contributed by atoms with E-state index in [1.54, 1.807) is 11.8 Å². The highest BCUT2D eigenvalue weighted by atomic mass is 32.2. The number of aryl methyl sites for hydroxylation is 1. The van der Waals surface area contributed by atoms with Crippen LogP contribution >= 0.6 is 11.8 Å². The summed E-state index contributed by atoms with van der Waals surface area (Å²) in [5, 5.41) is 7.27. The summed E-state index contributed by atoms with van der Waals surface area (Å²) in [5.74, 6) is 0.853. The van der Waals surface area contributed by atoms with Gasteiger partial charge in [-0.1, -0.05) is 17.3 Å². The maximum absolute atomic E-state index is 5.00. The van der Waals surface area contributed by atoms with Crippen LogP contribution in [0, 0.1) is 6.92 Å². The van der Waals surface area contributed by atoms with Gasteiger partial charge >= 0.3 is 0 Å². The molecular formula is C13H16N2OS. The summed E-state index contributed by atoms with van der Waals surface area (Å²) in [4.78, 5) is 1.29. The zero-order valence-electron chi connectivity index (χ0n) is 10.1. The van der Waals surface area contributed by atoms with E-state index >= 15 is 0 Å². The second-order valence-electron chi connectivity index (χ2n) is 3.88. The average Bonchev–Trinajstić information content (AvgIpc) is 2.76. The largest absolute Gasteiger partial charge is 0.361 e. The molecule has 4 heteroatoms. The molecular weight excluding hydrogens is 232 g/mol. The summed E-state index contributed by atoms with van der Waals surface area (Å²) in [6, 6.07) is 10.5. The normalized spacial score (nSPS) is 10.7. The Bertz CT molecular complexity index is 465. The number of hydrogen-bond acceptors (Lipinski definition) is 4. The molecule has 3 nitrogen and oxygen atoms in total. The fourth-order valence-corrected chi connectivity index (χ4v) is 1.99. The molecule has 0 bridgehead atoms. The Hall–Kier alpha value is -1.26. The predicted molar refractivity (Wildman–Crippen MR) is 70.0 cm³/mol. The molecule has 1 aromatic carbocycles. The van der Waals surface area contributed by atoms with Crippen LogP contribution in [0.1, 0.15) is 17.0 Å². The molecule has 0 spiro atoms. The van der Waals surface area contributed by atoms with Gasteiger partial charge in [0.05, 0.1) is 5.69 Å². The van der Waals surface area contributed by atoms with Gasteiger partial charge in [0.15, 0.2) is 0 Å². The van der Waals surface area contributed by atoms with Crippen molar-refractivity contribution in [3.8, 4) is 0 Å². The minimum Gasteiger partial charge on any atom is -0.361 e. The number of rotatable bonds is 5. The van der Waals surface area contributed by atoms with Gasteiger partial charge in [0.2, 0.25) is 0 Å². The highest BCUT2D eigenvalue weighted by molar-refractivity contribution is 7.98. The van der Waals surface area contributed by atoms with Crippen LogP contribution in [0.15, 0.2) is 39.8 Å². The monoisotopic (exact) mass is 248 g/mol. The van der Waals surface area contributed by atoms with Crippen molar-refractivity contribution in [3.63, 3.8) is 0 Å². The maximum Gasteiger partial charge on any atom is 0.133 e. The van der Waals surface area contributed by atoms with Crippen LogP contribution < -0.4 is 5.32 Å². The minimum atomic E-state index is 0.738. The summed E-state index contributed by atoms with van der Waals surface area (Å²) in [5.41, 5.74) is 2.23. The number of nitrogens with one attached hydrogen (secondary N) is 1. The molecule has 0 saturated heterocycles. The molecule has 0 aliphatic rings. The summed E-state index contributed by atoms with van der Waals surface area (Å²) < 4.78 is 5.00. The first-order valence-corrected chi connectivity index (χ1v) is 6.76. The molecule has 0 radical (unpaired) electrons. The minimum absolute atomic E-state index is 0.738. The van der Waals surface area contributed by atoms with Crippen LogP contribution in [0.25, 0.3) is 0 Å². The van der Waals surface area contributed by atoms with E-state index in [0.29, 0.717) is 0 Å². The summed E-state index contributed by atoms with van der Waals surface area (Å²) in [6.07, 6.45) is 2.08. The molecule has 1 heterocycles. The van der Waals surface area contributed by atoms with E-state index in [1.165, 1.54) is 10.5 Å². The van der Waals surface area contributed by atoms with Crippen LogP contribution in [0.3, 0.4) is 0 Å². The van der Waals surface area contributed by atoms with Gasteiger partial charge in [-0.15, -0.1) is 11.8 Å². The third-order valence-electron chi connectivity index (χ3n) is 2.47. The van der Waals surface area contributed by atoms with Crippen molar-refractivity contribution in [1.29, 1.82) is 0 Å². The number of hydrogen-bond donors (Lipinski definition) is 1. The van der Waals surface area contributed by atoms with Gasteiger partial charge in [0.25, 0.3) is 0 Å². The van der Waals surface area contributed by atoms with Crippen LogP contribution in [0.5, 0.6) is 0 Å². The second kappa shape index (κ2) is 5.89. The van der Waals surface area contributed by atoms with E-state index in [4.69, 9.17) is 4.52 Å². The molecule has 2 aromatic rings. The molecule has 0 atom stereocenters. The lowest BCUT2D eigenvalue weighted by Gasteiger charge is -2.03. The van der Waals surface area contributed by atoms with E-state index in [9.17, 15) is 0 Å². The maximum atomic E-state index is 5.00. The van der Waals surface area contributed by atoms with Crippen molar-refractivity contribution in [2.45, 2.75) is 24.9 Å². The molecule has 0 aliphatic heterocycles. The first-order valence-electron chi connectivity index (χ1n) is 5.54. The van der Waals surface area contributed by atoms with Crippen LogP contribution in [-0.4, -0.2) is 11.4 Å². The van der Waals surface area contributed by atoms with Crippen LogP contribution in [0.2, 0.25) is 0 Å². The van der Waals surface area contributed by atoms with E-state index in [0.717, 1.165) is 24.5 Å². The Labute approximate surface area is 106 Å². The molecule has 0 aliphatic carbocycles. The summed E-state index contributed by atoms with van der Waals surface area (Å²) >= 11 is 1.76. The highest BCUT2D eigenvalue weighted by Gasteiger charge is 1.99. The van der Waals surface area contributed by atoms with Crippen molar-refractivity contribution in [2.24, 2.45) is 0 Å². The smallest absolute Gasteiger partial charge is 0.133 e. The zero-order chi connectivity index (χ0) is 12.1. The van der Waals surface area contributed by atoms with E-state index in [1.807, 2.05) is 13.0 Å². The number of aromatic nitrogens is 1. The van der Waals surface area contributed by atoms with Crippen LogP contribution in [0.4, 0.5) is 0 Å². The quantitative estimate of drug-likeness (QED) is 0.825. The Morgan fingerprint density at radius 2 is 2.00 bits per heavy atom. The summed E-state index contributed by atoms with van der Waals surface area (Å²) in [7, 11) is 0. The molecule has 0 saturated carbocycles. The Kier molecular flexibility index (Phi) is 4.23. The van der Waals surface area contributed by atoms with Crippen molar-refractivity contribution in [3.05, 3.63) is 47.3 Å². The van der Waals surface area contributed by atoms with Gasteiger partial charge in [-0.2, -0.15) is 0 Å². The second-order valence-corrected chi connectivity index (χ2v) is 4.76. The first-order chi connectivity index (χ1) is 8.28. The Balaban J connectivity index is 1.81. The number of nitrogens with zero attached hydrogens (tertiary/aromatic N) is 1. The lowest BCUT2D eigenvalue weighted by atomic mass is 10.2. The standard InChI is InChI=1S/C13H16N2OS/c1-10-7-12(15-16-10)9-14-8-11-3-5-13(17-2)6-4-11/h3-7,14H,8-9H2,1-2H3. The molecule has 2 rings (SSSR count). The topological polar surface area (TPSA) is 38.1 Å². The third-order valence-corrected chi connectivity index (χ3v) is 3.21. The molecule has 17 heavy (non-hydrogen) atoms. The lowest BCUT2D eigenvalue weighted by molar-refractivity contribution is 0.388. The highest BCUT2D eigenvalue weighted by Crippen LogP contribution is 2.14. The van der Waals surface area contributed by atoms with Crippen molar-refractivity contribution >= 4 is 11.8 Å². The predicted octanol–water partition coefficient (Wildman–Crippen LogP) is 2.99. The fraction of sp³-hybridized carbons (Fsp3) is 0.308. The molecule has 0 unspecified atom stereocenters. The van der Waals surface area contributed by atoms with Gasteiger partial charge in [0, 0.05) is 24.1 Å². The fourth-order valence-electron chi connectivity index (χ4n) is 1.58.